The smallest absolute Gasteiger partial charge is 0.365 e. The van der Waals surface area contributed by atoms with Crippen LogP contribution in [0.3, 0.4) is 0 Å². The molecule has 3 rings (SSSR count). The molecule has 0 bridgehead atoms. The van der Waals surface area contributed by atoms with Crippen LogP contribution in [-0.4, -0.2) is 24.6 Å². The van der Waals surface area contributed by atoms with E-state index in [1.165, 1.54) is 6.92 Å². The van der Waals surface area contributed by atoms with E-state index in [2.05, 4.69) is 5.16 Å². The van der Waals surface area contributed by atoms with Crippen molar-refractivity contribution in [2.24, 2.45) is 5.16 Å². The van der Waals surface area contributed by atoms with E-state index in [4.69, 9.17) is 9.57 Å². The molecule has 5 nitrogen and oxygen atoms in total. The maximum absolute atomic E-state index is 12.7. The van der Waals surface area contributed by atoms with Gasteiger partial charge in [0.15, 0.2) is 0 Å². The molecule has 3 aromatic carbocycles. The van der Waals surface area contributed by atoms with Gasteiger partial charge in [0.2, 0.25) is 5.78 Å². The number of ketones is 1. The fraction of sp³-hybridized carbons (Fsp3) is 0.0952. The number of hydrogen-bond acceptors (Lipinski definition) is 5. The molecule has 0 spiro atoms. The maximum atomic E-state index is 12.7. The third kappa shape index (κ3) is 3.47. The van der Waals surface area contributed by atoms with Crippen molar-refractivity contribution in [3.63, 3.8) is 0 Å². The van der Waals surface area contributed by atoms with Crippen molar-refractivity contribution in [2.75, 3.05) is 7.11 Å². The van der Waals surface area contributed by atoms with Crippen LogP contribution in [-0.2, 0) is 4.84 Å². The van der Waals surface area contributed by atoms with Gasteiger partial charge in [0, 0.05) is 10.9 Å². The van der Waals surface area contributed by atoms with Gasteiger partial charge in [0.1, 0.15) is 11.5 Å². The first kappa shape index (κ1) is 17.4. The van der Waals surface area contributed by atoms with Gasteiger partial charge in [0.05, 0.1) is 12.7 Å². The zero-order chi connectivity index (χ0) is 18.5. The van der Waals surface area contributed by atoms with Crippen molar-refractivity contribution in [1.29, 1.82) is 0 Å². The summed E-state index contributed by atoms with van der Waals surface area (Å²) in [7, 11) is 1.58. The summed E-state index contributed by atoms with van der Waals surface area (Å²) in [6.45, 7) is 1.51. The SMILES string of the molecule is COc1ccc(C(=O)/C(C)=N/OC(=O)c2ccccc2)c2ccccc12. The number of ether oxygens (including phenoxy) is 1. The molecular formula is C21H17NO4. The second-order valence-corrected chi connectivity index (χ2v) is 5.61. The van der Waals surface area contributed by atoms with Gasteiger partial charge in [-0.05, 0) is 36.6 Å². The molecule has 0 amide bonds. The number of oxime groups is 1. The molecule has 0 aliphatic carbocycles. The van der Waals surface area contributed by atoms with Gasteiger partial charge in [-0.2, -0.15) is 0 Å². The third-order valence-corrected chi connectivity index (χ3v) is 3.95. The monoisotopic (exact) mass is 347 g/mol. The quantitative estimate of drug-likeness (QED) is 0.299. The minimum absolute atomic E-state index is 0.0876. The lowest BCUT2D eigenvalue weighted by Crippen LogP contribution is -2.13. The van der Waals surface area contributed by atoms with Crippen molar-refractivity contribution < 1.29 is 19.2 Å². The lowest BCUT2D eigenvalue weighted by molar-refractivity contribution is 0.0515. The average molecular weight is 347 g/mol. The molecule has 5 heteroatoms. The third-order valence-electron chi connectivity index (χ3n) is 3.95. The van der Waals surface area contributed by atoms with Crippen molar-refractivity contribution in [3.05, 3.63) is 77.9 Å². The number of carbonyl (C=O) groups is 2. The maximum Gasteiger partial charge on any atom is 0.365 e. The van der Waals surface area contributed by atoms with Gasteiger partial charge >= 0.3 is 5.97 Å². The predicted octanol–water partition coefficient (Wildman–Crippen LogP) is 4.26. The fourth-order valence-corrected chi connectivity index (χ4v) is 2.62. The summed E-state index contributed by atoms with van der Waals surface area (Å²) in [5, 5.41) is 5.29. The first-order chi connectivity index (χ1) is 12.6. The fourth-order valence-electron chi connectivity index (χ4n) is 2.62. The Morgan fingerprint density at radius 3 is 2.19 bits per heavy atom. The van der Waals surface area contributed by atoms with Crippen LogP contribution in [0.2, 0.25) is 0 Å². The van der Waals surface area contributed by atoms with Gasteiger partial charge in [-0.3, -0.25) is 4.79 Å². The Labute approximate surface area is 150 Å². The van der Waals surface area contributed by atoms with Gasteiger partial charge < -0.3 is 9.57 Å². The minimum Gasteiger partial charge on any atom is -0.496 e. The summed E-state index contributed by atoms with van der Waals surface area (Å²) < 4.78 is 5.34. The molecule has 0 radical (unpaired) electrons. The van der Waals surface area contributed by atoms with Crippen LogP contribution in [0.1, 0.15) is 27.6 Å². The Morgan fingerprint density at radius 2 is 1.50 bits per heavy atom. The number of carbonyl (C=O) groups excluding carboxylic acids is 2. The molecule has 0 aliphatic heterocycles. The van der Waals surface area contributed by atoms with Crippen LogP contribution >= 0.6 is 0 Å². The van der Waals surface area contributed by atoms with Crippen molar-refractivity contribution in [2.45, 2.75) is 6.92 Å². The summed E-state index contributed by atoms with van der Waals surface area (Å²) in [5.41, 5.74) is 0.925. The van der Waals surface area contributed by atoms with Gasteiger partial charge in [-0.15, -0.1) is 0 Å². The van der Waals surface area contributed by atoms with Crippen LogP contribution in [0.4, 0.5) is 0 Å². The number of rotatable bonds is 5. The molecule has 0 N–H and O–H groups in total. The average Bonchev–Trinajstić information content (AvgIpc) is 2.71. The predicted molar refractivity (Wildman–Crippen MR) is 99.8 cm³/mol. The topological polar surface area (TPSA) is 65.0 Å². The second-order valence-electron chi connectivity index (χ2n) is 5.61. The first-order valence-electron chi connectivity index (χ1n) is 8.03. The summed E-state index contributed by atoms with van der Waals surface area (Å²) in [6, 6.07) is 19.3. The van der Waals surface area contributed by atoms with Crippen molar-refractivity contribution >= 4 is 28.2 Å². The van der Waals surface area contributed by atoms with Crippen molar-refractivity contribution in [3.8, 4) is 5.75 Å². The lowest BCUT2D eigenvalue weighted by Gasteiger charge is -2.09. The highest BCUT2D eigenvalue weighted by Gasteiger charge is 2.16. The van der Waals surface area contributed by atoms with Crippen LogP contribution in [0.25, 0.3) is 10.8 Å². The molecular weight excluding hydrogens is 330 g/mol. The molecule has 26 heavy (non-hydrogen) atoms. The Balaban J connectivity index is 1.87. The van der Waals surface area contributed by atoms with Gasteiger partial charge in [0.25, 0.3) is 0 Å². The highest BCUT2D eigenvalue weighted by atomic mass is 16.7. The molecule has 0 aromatic heterocycles. The van der Waals surface area contributed by atoms with E-state index in [0.29, 0.717) is 16.9 Å². The number of nitrogens with zero attached hydrogens (tertiary/aromatic N) is 1. The zero-order valence-electron chi connectivity index (χ0n) is 14.4. The van der Waals surface area contributed by atoms with E-state index in [1.54, 1.807) is 49.6 Å². The van der Waals surface area contributed by atoms with E-state index in [0.717, 1.165) is 10.8 Å². The summed E-state index contributed by atoms with van der Waals surface area (Å²) >= 11 is 0. The van der Waals surface area contributed by atoms with Crippen LogP contribution in [0.5, 0.6) is 5.75 Å². The number of benzene rings is 3. The molecule has 0 atom stereocenters. The number of hydrogen-bond donors (Lipinski definition) is 0. The van der Waals surface area contributed by atoms with Gasteiger partial charge in [-0.1, -0.05) is 47.6 Å². The summed E-state index contributed by atoms with van der Waals surface area (Å²) in [4.78, 5) is 29.6. The Hall–Kier alpha value is -3.47. The Bertz CT molecular complexity index is 993. The van der Waals surface area contributed by atoms with Crippen LogP contribution in [0, 0.1) is 0 Å². The Morgan fingerprint density at radius 1 is 0.846 bits per heavy atom. The molecule has 0 saturated heterocycles. The highest BCUT2D eigenvalue weighted by Crippen LogP contribution is 2.28. The second kappa shape index (κ2) is 7.61. The zero-order valence-corrected chi connectivity index (χ0v) is 14.4. The summed E-state index contributed by atoms with van der Waals surface area (Å²) in [5.74, 6) is -0.246. The van der Waals surface area contributed by atoms with E-state index in [-0.39, 0.29) is 11.5 Å². The normalized spacial score (nSPS) is 11.2. The molecule has 130 valence electrons. The lowest BCUT2D eigenvalue weighted by atomic mass is 9.99. The van der Waals surface area contributed by atoms with E-state index in [9.17, 15) is 9.59 Å². The van der Waals surface area contributed by atoms with Crippen LogP contribution < -0.4 is 4.74 Å². The molecule has 3 aromatic rings. The standard InChI is InChI=1S/C21H17NO4/c1-14(22-26-21(24)15-8-4-3-5-9-15)20(23)18-12-13-19(25-2)17-11-7-6-10-16(17)18/h3-13H,1-2H3/b22-14+. The largest absolute Gasteiger partial charge is 0.496 e. The number of methoxy groups -OCH3 is 1. The van der Waals surface area contributed by atoms with Crippen molar-refractivity contribution in [1.82, 2.24) is 0 Å². The highest BCUT2D eigenvalue weighted by molar-refractivity contribution is 6.47. The molecule has 0 fully saturated rings. The minimum atomic E-state index is -0.614. The molecule has 0 heterocycles. The Kier molecular flexibility index (Phi) is 5.08. The van der Waals surface area contributed by atoms with E-state index < -0.39 is 5.97 Å². The van der Waals surface area contributed by atoms with Gasteiger partial charge in [-0.25, -0.2) is 4.79 Å². The molecule has 0 saturated carbocycles. The first-order valence-corrected chi connectivity index (χ1v) is 8.03. The number of Topliss-reactive ketones (excluding diaryl/α,β-unsaturated/α-hetero) is 1. The molecule has 0 unspecified atom stereocenters. The molecule has 0 aliphatic rings. The van der Waals surface area contributed by atoms with E-state index >= 15 is 0 Å². The van der Waals surface area contributed by atoms with Crippen LogP contribution in [0.15, 0.2) is 71.9 Å². The summed E-state index contributed by atoms with van der Waals surface area (Å²) in [6.07, 6.45) is 0. The van der Waals surface area contributed by atoms with E-state index in [1.807, 2.05) is 24.3 Å². The number of fused-ring (bicyclic) bond motifs is 1.